The number of nitrogens with zero attached hydrogens (tertiary/aromatic N) is 2. The number of anilines is 1. The third kappa shape index (κ3) is 4.82. The first-order valence-electron chi connectivity index (χ1n) is 11.3. The van der Waals surface area contributed by atoms with Gasteiger partial charge in [-0.1, -0.05) is 24.3 Å². The summed E-state index contributed by atoms with van der Waals surface area (Å²) in [7, 11) is 0. The summed E-state index contributed by atoms with van der Waals surface area (Å²) in [5.41, 5.74) is 0.725. The summed E-state index contributed by atoms with van der Waals surface area (Å²) in [6.07, 6.45) is 1.32. The SMILES string of the molecule is CCOc1ccccc1OC1CCN(C(=O)CCN2C(=O)C(C)Oc3ccccc32)CC1. The summed E-state index contributed by atoms with van der Waals surface area (Å²) in [6, 6.07) is 15.1. The van der Waals surface area contributed by atoms with E-state index in [0.29, 0.717) is 32.0 Å². The Kier molecular flexibility index (Phi) is 6.83. The Bertz CT molecular complexity index is 955. The fraction of sp³-hybridized carbons (Fsp3) is 0.440. The first kappa shape index (κ1) is 22.0. The Hall–Kier alpha value is -3.22. The highest BCUT2D eigenvalue weighted by Crippen LogP contribution is 2.34. The number of likely N-dealkylation sites (tertiary alicyclic amines) is 1. The Morgan fingerprint density at radius 1 is 1.06 bits per heavy atom. The Labute approximate surface area is 188 Å². The van der Waals surface area contributed by atoms with Gasteiger partial charge in [-0.2, -0.15) is 0 Å². The molecule has 1 unspecified atom stereocenters. The van der Waals surface area contributed by atoms with E-state index in [-0.39, 0.29) is 24.3 Å². The van der Waals surface area contributed by atoms with Crippen molar-refractivity contribution in [2.45, 2.75) is 45.3 Å². The van der Waals surface area contributed by atoms with Gasteiger partial charge in [-0.05, 0) is 38.1 Å². The summed E-state index contributed by atoms with van der Waals surface area (Å²) in [6.45, 7) is 5.91. The van der Waals surface area contributed by atoms with E-state index in [4.69, 9.17) is 14.2 Å². The third-order valence-corrected chi connectivity index (χ3v) is 5.86. The van der Waals surface area contributed by atoms with Crippen molar-refractivity contribution in [3.8, 4) is 17.2 Å². The molecule has 0 bridgehead atoms. The number of benzene rings is 2. The van der Waals surface area contributed by atoms with Gasteiger partial charge in [0.1, 0.15) is 11.9 Å². The van der Waals surface area contributed by atoms with E-state index < -0.39 is 6.10 Å². The number of para-hydroxylation sites is 4. The van der Waals surface area contributed by atoms with Gasteiger partial charge in [0, 0.05) is 38.9 Å². The number of amides is 2. The molecule has 2 aliphatic rings. The summed E-state index contributed by atoms with van der Waals surface area (Å²) in [5.74, 6) is 2.12. The molecular weight excluding hydrogens is 408 g/mol. The van der Waals surface area contributed by atoms with E-state index in [1.165, 1.54) is 0 Å². The molecule has 0 N–H and O–H groups in total. The van der Waals surface area contributed by atoms with Crippen LogP contribution < -0.4 is 19.1 Å². The van der Waals surface area contributed by atoms with E-state index in [1.807, 2.05) is 60.4 Å². The molecule has 2 heterocycles. The molecule has 0 aliphatic carbocycles. The molecule has 1 saturated heterocycles. The molecule has 7 nitrogen and oxygen atoms in total. The predicted octanol–water partition coefficient (Wildman–Crippen LogP) is 3.66. The van der Waals surface area contributed by atoms with Crippen LogP contribution in [0.3, 0.4) is 0 Å². The van der Waals surface area contributed by atoms with Gasteiger partial charge in [0.05, 0.1) is 12.3 Å². The van der Waals surface area contributed by atoms with Crippen LogP contribution >= 0.6 is 0 Å². The smallest absolute Gasteiger partial charge is 0.267 e. The molecule has 7 heteroatoms. The van der Waals surface area contributed by atoms with Gasteiger partial charge in [0.2, 0.25) is 5.91 Å². The van der Waals surface area contributed by atoms with Crippen molar-refractivity contribution in [3.63, 3.8) is 0 Å². The molecule has 4 rings (SSSR count). The Morgan fingerprint density at radius 3 is 2.50 bits per heavy atom. The largest absolute Gasteiger partial charge is 0.490 e. The van der Waals surface area contributed by atoms with Crippen molar-refractivity contribution in [1.29, 1.82) is 0 Å². The summed E-state index contributed by atoms with van der Waals surface area (Å²) < 4.78 is 17.5. The summed E-state index contributed by atoms with van der Waals surface area (Å²) >= 11 is 0. The van der Waals surface area contributed by atoms with Crippen LogP contribution in [-0.2, 0) is 9.59 Å². The second kappa shape index (κ2) is 9.94. The lowest BCUT2D eigenvalue weighted by Gasteiger charge is -2.35. The fourth-order valence-electron chi connectivity index (χ4n) is 4.18. The maximum absolute atomic E-state index is 12.8. The summed E-state index contributed by atoms with van der Waals surface area (Å²) in [4.78, 5) is 29.0. The van der Waals surface area contributed by atoms with Gasteiger partial charge in [-0.15, -0.1) is 0 Å². The van der Waals surface area contributed by atoms with Crippen molar-refractivity contribution in [2.24, 2.45) is 0 Å². The number of hydrogen-bond acceptors (Lipinski definition) is 5. The molecule has 0 aromatic heterocycles. The number of rotatable bonds is 7. The van der Waals surface area contributed by atoms with Crippen LogP contribution in [0.1, 0.15) is 33.1 Å². The van der Waals surface area contributed by atoms with E-state index in [1.54, 1.807) is 11.8 Å². The maximum atomic E-state index is 12.8. The van der Waals surface area contributed by atoms with Crippen LogP contribution in [0.15, 0.2) is 48.5 Å². The molecule has 1 atom stereocenters. The lowest BCUT2D eigenvalue weighted by atomic mass is 10.1. The van der Waals surface area contributed by atoms with Crippen molar-refractivity contribution in [2.75, 3.05) is 31.1 Å². The minimum absolute atomic E-state index is 0.0502. The van der Waals surface area contributed by atoms with Gasteiger partial charge in [-0.25, -0.2) is 0 Å². The number of piperidine rings is 1. The molecule has 2 aliphatic heterocycles. The van der Waals surface area contributed by atoms with Crippen molar-refractivity contribution in [3.05, 3.63) is 48.5 Å². The number of hydrogen-bond donors (Lipinski definition) is 0. The summed E-state index contributed by atoms with van der Waals surface area (Å²) in [5, 5.41) is 0. The van der Waals surface area contributed by atoms with E-state index in [0.717, 1.165) is 30.0 Å². The number of carbonyl (C=O) groups excluding carboxylic acids is 2. The first-order valence-corrected chi connectivity index (χ1v) is 11.3. The van der Waals surface area contributed by atoms with Gasteiger partial charge >= 0.3 is 0 Å². The molecule has 0 saturated carbocycles. The van der Waals surface area contributed by atoms with Crippen molar-refractivity contribution >= 4 is 17.5 Å². The molecule has 170 valence electrons. The third-order valence-electron chi connectivity index (χ3n) is 5.86. The lowest BCUT2D eigenvalue weighted by Crippen LogP contribution is -2.47. The Balaban J connectivity index is 1.30. The van der Waals surface area contributed by atoms with Gasteiger partial charge < -0.3 is 24.0 Å². The molecule has 2 amide bonds. The molecule has 0 spiro atoms. The van der Waals surface area contributed by atoms with Crippen molar-refractivity contribution in [1.82, 2.24) is 4.90 Å². The molecule has 1 fully saturated rings. The number of ether oxygens (including phenoxy) is 3. The Morgan fingerprint density at radius 2 is 1.75 bits per heavy atom. The standard InChI is InChI=1S/C25H30N2O5/c1-3-30-22-10-6-7-11-23(22)32-19-12-15-26(16-13-19)24(28)14-17-27-20-8-4-5-9-21(20)31-18(2)25(27)29/h4-11,18-19H,3,12-17H2,1-2H3. The molecule has 0 radical (unpaired) electrons. The van der Waals surface area contributed by atoms with Crippen LogP contribution in [-0.4, -0.2) is 55.2 Å². The van der Waals surface area contributed by atoms with Gasteiger partial charge in [0.25, 0.3) is 5.91 Å². The predicted molar refractivity (Wildman–Crippen MR) is 121 cm³/mol. The molecule has 2 aromatic carbocycles. The van der Waals surface area contributed by atoms with Crippen LogP contribution in [0, 0.1) is 0 Å². The maximum Gasteiger partial charge on any atom is 0.267 e. The quantitative estimate of drug-likeness (QED) is 0.660. The zero-order valence-electron chi connectivity index (χ0n) is 18.7. The second-order valence-corrected chi connectivity index (χ2v) is 8.05. The highest BCUT2D eigenvalue weighted by Gasteiger charge is 2.32. The number of fused-ring (bicyclic) bond motifs is 1. The van der Waals surface area contributed by atoms with Crippen molar-refractivity contribution < 1.29 is 23.8 Å². The van der Waals surface area contributed by atoms with Crippen LogP contribution in [0.4, 0.5) is 5.69 Å². The molecule has 32 heavy (non-hydrogen) atoms. The van der Waals surface area contributed by atoms with Gasteiger partial charge in [-0.3, -0.25) is 9.59 Å². The lowest BCUT2D eigenvalue weighted by molar-refractivity contribution is -0.133. The average Bonchev–Trinajstić information content (AvgIpc) is 2.81. The second-order valence-electron chi connectivity index (χ2n) is 8.05. The monoisotopic (exact) mass is 438 g/mol. The minimum Gasteiger partial charge on any atom is -0.490 e. The number of carbonyl (C=O) groups is 2. The van der Waals surface area contributed by atoms with Crippen LogP contribution in [0.25, 0.3) is 0 Å². The topological polar surface area (TPSA) is 68.3 Å². The fourth-order valence-corrected chi connectivity index (χ4v) is 4.18. The molecular formula is C25H30N2O5. The zero-order valence-corrected chi connectivity index (χ0v) is 18.7. The minimum atomic E-state index is -0.549. The van der Waals surface area contributed by atoms with Crippen LogP contribution in [0.2, 0.25) is 0 Å². The first-order chi connectivity index (χ1) is 15.6. The zero-order chi connectivity index (χ0) is 22.5. The van der Waals surface area contributed by atoms with E-state index in [2.05, 4.69) is 0 Å². The van der Waals surface area contributed by atoms with Crippen LogP contribution in [0.5, 0.6) is 17.2 Å². The highest BCUT2D eigenvalue weighted by atomic mass is 16.5. The average molecular weight is 439 g/mol. The molecule has 2 aromatic rings. The highest BCUT2D eigenvalue weighted by molar-refractivity contribution is 6.00. The normalized spacial score (nSPS) is 18.7. The van der Waals surface area contributed by atoms with Gasteiger partial charge in [0.15, 0.2) is 17.6 Å². The van der Waals surface area contributed by atoms with E-state index >= 15 is 0 Å². The van der Waals surface area contributed by atoms with E-state index in [9.17, 15) is 9.59 Å².